The highest BCUT2D eigenvalue weighted by Crippen LogP contribution is 2.16. The van der Waals surface area contributed by atoms with E-state index in [-0.39, 0.29) is 11.7 Å². The Morgan fingerprint density at radius 1 is 0.585 bits per heavy atom. The lowest BCUT2D eigenvalue weighted by Crippen LogP contribution is -2.25. The van der Waals surface area contributed by atoms with Gasteiger partial charge in [0, 0.05) is 13.0 Å². The van der Waals surface area contributed by atoms with Crippen molar-refractivity contribution < 1.29 is 9.90 Å². The molecule has 2 N–H and O–H groups in total. The molecule has 4 heteroatoms. The molecule has 238 valence electrons. The summed E-state index contributed by atoms with van der Waals surface area (Å²) in [5.74, 6) is 3.16. The third kappa shape index (κ3) is 27.4. The van der Waals surface area contributed by atoms with Crippen molar-refractivity contribution in [2.75, 3.05) is 18.1 Å². The molecule has 1 amide bonds. The van der Waals surface area contributed by atoms with Gasteiger partial charge >= 0.3 is 0 Å². The second kappa shape index (κ2) is 30.3. The van der Waals surface area contributed by atoms with Gasteiger partial charge in [0.25, 0.3) is 0 Å². The monoisotopic (exact) mass is 589 g/mol. The molecule has 0 aliphatic rings. The van der Waals surface area contributed by atoms with E-state index >= 15 is 0 Å². The number of carbonyl (C=O) groups is 1. The van der Waals surface area contributed by atoms with Crippen molar-refractivity contribution in [2.45, 2.75) is 174 Å². The first-order chi connectivity index (χ1) is 20.2. The van der Waals surface area contributed by atoms with Crippen molar-refractivity contribution in [3.63, 3.8) is 0 Å². The Morgan fingerprint density at radius 2 is 0.976 bits per heavy atom. The molecular weight excluding hydrogens is 522 g/mol. The average molecular weight is 590 g/mol. The molecule has 0 atom stereocenters. The number of nitrogens with one attached hydrogen (secondary N) is 1. The molecular formula is C37H67NO2S. The van der Waals surface area contributed by atoms with Crippen LogP contribution in [0.25, 0.3) is 0 Å². The SMILES string of the molecule is CCCCCCCCCCCCCCCCCCSCCCCCCCCCCC(=O)NCCc1ccc(O)cc1. The molecule has 0 radical (unpaired) electrons. The highest BCUT2D eigenvalue weighted by atomic mass is 32.2. The van der Waals surface area contributed by atoms with Crippen LogP contribution >= 0.6 is 11.8 Å². The molecule has 0 aromatic heterocycles. The van der Waals surface area contributed by atoms with Crippen LogP contribution in [-0.2, 0) is 11.2 Å². The van der Waals surface area contributed by atoms with Gasteiger partial charge in [-0.1, -0.05) is 154 Å². The lowest BCUT2D eigenvalue weighted by molar-refractivity contribution is -0.121. The number of thioether (sulfide) groups is 1. The van der Waals surface area contributed by atoms with Crippen LogP contribution in [0, 0.1) is 0 Å². The zero-order valence-electron chi connectivity index (χ0n) is 27.1. The summed E-state index contributed by atoms with van der Waals surface area (Å²) < 4.78 is 0. The standard InChI is InChI=1S/C37H67NO2S/c1-2-3-4-5-6-7-8-9-10-11-12-13-15-18-21-24-33-41-34-25-22-19-16-14-17-20-23-26-37(40)38-32-31-35-27-29-36(39)30-28-35/h27-30,39H,2-26,31-34H2,1H3,(H,38,40). The molecule has 0 unspecified atom stereocenters. The molecule has 0 saturated carbocycles. The lowest BCUT2D eigenvalue weighted by Gasteiger charge is -2.06. The summed E-state index contributed by atoms with van der Waals surface area (Å²) in [7, 11) is 0. The van der Waals surface area contributed by atoms with Crippen molar-refractivity contribution in [1.29, 1.82) is 0 Å². The maximum Gasteiger partial charge on any atom is 0.220 e. The minimum atomic E-state index is 0.167. The zero-order chi connectivity index (χ0) is 29.5. The summed E-state index contributed by atoms with van der Waals surface area (Å²) in [5.41, 5.74) is 1.14. The van der Waals surface area contributed by atoms with Crippen LogP contribution in [0.3, 0.4) is 0 Å². The Bertz CT molecular complexity index is 678. The summed E-state index contributed by atoms with van der Waals surface area (Å²) in [5, 5.41) is 12.3. The van der Waals surface area contributed by atoms with E-state index < -0.39 is 0 Å². The molecule has 1 aromatic carbocycles. The zero-order valence-corrected chi connectivity index (χ0v) is 27.9. The van der Waals surface area contributed by atoms with Gasteiger partial charge in [0.05, 0.1) is 0 Å². The maximum absolute atomic E-state index is 12.0. The Hall–Kier alpha value is -1.16. The summed E-state index contributed by atoms with van der Waals surface area (Å²) in [6.07, 6.45) is 34.9. The Labute approximate surface area is 259 Å². The van der Waals surface area contributed by atoms with Crippen LogP contribution in [0.1, 0.15) is 173 Å². The number of phenols is 1. The average Bonchev–Trinajstić information content (AvgIpc) is 2.98. The molecule has 0 saturated heterocycles. The summed E-state index contributed by atoms with van der Waals surface area (Å²) in [4.78, 5) is 12.0. The van der Waals surface area contributed by atoms with Crippen LogP contribution in [0.2, 0.25) is 0 Å². The van der Waals surface area contributed by atoms with E-state index in [0.29, 0.717) is 13.0 Å². The Morgan fingerprint density at radius 3 is 1.41 bits per heavy atom. The summed E-state index contributed by atoms with van der Waals surface area (Å²) in [6, 6.07) is 7.20. The number of hydrogen-bond donors (Lipinski definition) is 2. The van der Waals surface area contributed by atoms with E-state index in [2.05, 4.69) is 24.0 Å². The van der Waals surface area contributed by atoms with Gasteiger partial charge in [0.15, 0.2) is 0 Å². The molecule has 0 fully saturated rings. The fourth-order valence-corrected chi connectivity index (χ4v) is 6.52. The van der Waals surface area contributed by atoms with Gasteiger partial charge in [-0.05, 0) is 54.9 Å². The van der Waals surface area contributed by atoms with Crippen molar-refractivity contribution in [1.82, 2.24) is 5.32 Å². The molecule has 0 aliphatic carbocycles. The smallest absolute Gasteiger partial charge is 0.220 e. The first kappa shape index (κ1) is 37.9. The summed E-state index contributed by atoms with van der Waals surface area (Å²) in [6.45, 7) is 2.97. The third-order valence-corrected chi connectivity index (χ3v) is 9.41. The van der Waals surface area contributed by atoms with Crippen LogP contribution in [0.4, 0.5) is 0 Å². The van der Waals surface area contributed by atoms with Crippen molar-refractivity contribution in [3.05, 3.63) is 29.8 Å². The van der Waals surface area contributed by atoms with Gasteiger partial charge in [0.2, 0.25) is 5.91 Å². The van der Waals surface area contributed by atoms with Gasteiger partial charge in [0.1, 0.15) is 5.75 Å². The Balaban J connectivity index is 1.68. The van der Waals surface area contributed by atoms with Crippen LogP contribution in [0.5, 0.6) is 5.75 Å². The highest BCUT2D eigenvalue weighted by Gasteiger charge is 2.02. The predicted octanol–water partition coefficient (Wildman–Crippen LogP) is 11.6. The van der Waals surface area contributed by atoms with Crippen LogP contribution in [-0.4, -0.2) is 29.1 Å². The van der Waals surface area contributed by atoms with E-state index in [1.807, 2.05) is 12.1 Å². The van der Waals surface area contributed by atoms with Crippen molar-refractivity contribution >= 4 is 17.7 Å². The molecule has 3 nitrogen and oxygen atoms in total. The summed E-state index contributed by atoms with van der Waals surface area (Å²) >= 11 is 2.17. The van der Waals surface area contributed by atoms with E-state index in [0.717, 1.165) is 18.4 Å². The number of hydrogen-bond acceptors (Lipinski definition) is 3. The molecule has 0 spiro atoms. The number of aromatic hydroxyl groups is 1. The lowest BCUT2D eigenvalue weighted by atomic mass is 10.0. The molecule has 0 heterocycles. The number of amides is 1. The topological polar surface area (TPSA) is 49.3 Å². The Kier molecular flexibility index (Phi) is 28.0. The predicted molar refractivity (Wildman–Crippen MR) is 183 cm³/mol. The fraction of sp³-hybridized carbons (Fsp3) is 0.811. The van der Waals surface area contributed by atoms with Gasteiger partial charge in [-0.25, -0.2) is 0 Å². The first-order valence-corrected chi connectivity index (χ1v) is 19.0. The molecule has 1 aromatic rings. The second-order valence-corrected chi connectivity index (χ2v) is 13.5. The van der Waals surface area contributed by atoms with E-state index in [1.54, 1.807) is 12.1 Å². The van der Waals surface area contributed by atoms with Crippen molar-refractivity contribution in [3.8, 4) is 5.75 Å². The molecule has 0 aliphatic heterocycles. The number of phenolic OH excluding ortho intramolecular Hbond substituents is 1. The van der Waals surface area contributed by atoms with Gasteiger partial charge in [-0.15, -0.1) is 0 Å². The van der Waals surface area contributed by atoms with Gasteiger partial charge < -0.3 is 10.4 Å². The highest BCUT2D eigenvalue weighted by molar-refractivity contribution is 7.99. The normalized spacial score (nSPS) is 11.2. The minimum Gasteiger partial charge on any atom is -0.508 e. The van der Waals surface area contributed by atoms with Gasteiger partial charge in [-0.3, -0.25) is 4.79 Å². The maximum atomic E-state index is 12.0. The molecule has 0 bridgehead atoms. The second-order valence-electron chi connectivity index (χ2n) is 12.3. The van der Waals surface area contributed by atoms with Crippen molar-refractivity contribution in [2.24, 2.45) is 0 Å². The third-order valence-electron chi connectivity index (χ3n) is 8.26. The number of carbonyl (C=O) groups excluding carboxylic acids is 1. The molecule has 1 rings (SSSR count). The number of rotatable bonds is 31. The minimum absolute atomic E-state index is 0.167. The fourth-order valence-electron chi connectivity index (χ4n) is 5.50. The van der Waals surface area contributed by atoms with E-state index in [1.165, 1.54) is 159 Å². The van der Waals surface area contributed by atoms with Crippen LogP contribution in [0.15, 0.2) is 24.3 Å². The molecule has 41 heavy (non-hydrogen) atoms. The number of unbranched alkanes of at least 4 members (excludes halogenated alkanes) is 22. The van der Waals surface area contributed by atoms with Crippen LogP contribution < -0.4 is 5.32 Å². The van der Waals surface area contributed by atoms with E-state index in [4.69, 9.17) is 0 Å². The number of benzene rings is 1. The van der Waals surface area contributed by atoms with E-state index in [9.17, 15) is 9.90 Å². The van der Waals surface area contributed by atoms with Gasteiger partial charge in [-0.2, -0.15) is 11.8 Å². The first-order valence-electron chi connectivity index (χ1n) is 17.8. The largest absolute Gasteiger partial charge is 0.508 e. The quantitative estimate of drug-likeness (QED) is 0.0847.